The molecule has 36 heavy (non-hydrogen) atoms. The molecule has 1 aromatic heterocycles. The molecular formula is C26H27N3O7. The van der Waals surface area contributed by atoms with Crippen molar-refractivity contribution in [2.45, 2.75) is 6.92 Å². The topological polar surface area (TPSA) is 124 Å². The summed E-state index contributed by atoms with van der Waals surface area (Å²) in [5, 5.41) is 22.1. The SMILES string of the molecule is CCOC(=O)C(c1ccc2cc(OCCN3CCOCC3)ccc2n1)=c1ccc(=CO)cc1[N+](=O)[O-]. The summed E-state index contributed by atoms with van der Waals surface area (Å²) in [4.78, 5) is 30.9. The van der Waals surface area contributed by atoms with Crippen molar-refractivity contribution in [2.24, 2.45) is 0 Å². The first-order chi connectivity index (χ1) is 17.5. The number of nitrogens with zero attached hydrogens (tertiary/aromatic N) is 3. The molecule has 2 heterocycles. The van der Waals surface area contributed by atoms with E-state index in [4.69, 9.17) is 14.2 Å². The number of aliphatic hydroxyl groups excluding tert-OH is 1. The molecule has 10 nitrogen and oxygen atoms in total. The molecule has 3 aromatic rings. The van der Waals surface area contributed by atoms with Gasteiger partial charge >= 0.3 is 5.97 Å². The maximum Gasteiger partial charge on any atom is 0.341 e. The fraction of sp³-hybridized carbons (Fsp3) is 0.308. The van der Waals surface area contributed by atoms with Gasteiger partial charge in [-0.3, -0.25) is 15.0 Å². The van der Waals surface area contributed by atoms with Gasteiger partial charge in [0, 0.05) is 36.3 Å². The Balaban J connectivity index is 1.68. The van der Waals surface area contributed by atoms with Gasteiger partial charge in [0.2, 0.25) is 0 Å². The molecule has 188 valence electrons. The standard InChI is InChI=1S/C26H27N3O7/c1-2-35-26(31)25(21-6-3-18(17-30)15-24(21)29(32)33)23-7-4-19-16-20(5-8-22(19)27-23)36-14-11-28-9-12-34-13-10-28/h3-8,15-17,30H,2,9-14H2,1H3. The Morgan fingerprint density at radius 3 is 2.72 bits per heavy atom. The highest BCUT2D eigenvalue weighted by Gasteiger charge is 2.22. The van der Waals surface area contributed by atoms with Crippen LogP contribution in [0.2, 0.25) is 0 Å². The highest BCUT2D eigenvalue weighted by molar-refractivity contribution is 6.16. The van der Waals surface area contributed by atoms with Crippen molar-refractivity contribution in [3.8, 4) is 5.75 Å². The Kier molecular flexibility index (Phi) is 8.09. The van der Waals surface area contributed by atoms with Crippen molar-refractivity contribution in [1.29, 1.82) is 0 Å². The van der Waals surface area contributed by atoms with E-state index in [9.17, 15) is 20.0 Å². The van der Waals surface area contributed by atoms with E-state index in [0.29, 0.717) is 17.9 Å². The quantitative estimate of drug-likeness (QED) is 0.285. The number of aromatic nitrogens is 1. The van der Waals surface area contributed by atoms with E-state index in [0.717, 1.165) is 44.5 Å². The molecule has 1 N–H and O–H groups in total. The van der Waals surface area contributed by atoms with Crippen LogP contribution in [0.3, 0.4) is 0 Å². The van der Waals surface area contributed by atoms with E-state index < -0.39 is 10.9 Å². The number of morpholine rings is 1. The molecular weight excluding hydrogens is 466 g/mol. The number of hydrogen-bond acceptors (Lipinski definition) is 9. The number of ether oxygens (including phenoxy) is 3. The smallest absolute Gasteiger partial charge is 0.341 e. The summed E-state index contributed by atoms with van der Waals surface area (Å²) in [5.41, 5.74) is 0.469. The van der Waals surface area contributed by atoms with E-state index >= 15 is 0 Å². The van der Waals surface area contributed by atoms with Gasteiger partial charge in [-0.05, 0) is 37.3 Å². The van der Waals surface area contributed by atoms with E-state index in [1.54, 1.807) is 31.2 Å². The van der Waals surface area contributed by atoms with Gasteiger partial charge in [-0.1, -0.05) is 12.1 Å². The lowest BCUT2D eigenvalue weighted by Gasteiger charge is -2.26. The van der Waals surface area contributed by atoms with Gasteiger partial charge in [0.1, 0.15) is 12.4 Å². The number of pyridine rings is 1. The van der Waals surface area contributed by atoms with Crippen molar-refractivity contribution in [2.75, 3.05) is 46.1 Å². The number of hydrogen-bond donors (Lipinski definition) is 1. The minimum absolute atomic E-state index is 0.0271. The number of esters is 1. The summed E-state index contributed by atoms with van der Waals surface area (Å²) in [6.45, 7) is 6.37. The number of nitro benzene ring substituents is 1. The van der Waals surface area contributed by atoms with Crippen molar-refractivity contribution < 1.29 is 29.0 Å². The predicted molar refractivity (Wildman–Crippen MR) is 133 cm³/mol. The summed E-state index contributed by atoms with van der Waals surface area (Å²) in [7, 11) is 0. The number of rotatable bonds is 8. The first-order valence-corrected chi connectivity index (χ1v) is 11.6. The molecule has 10 heteroatoms. The van der Waals surface area contributed by atoms with Gasteiger partial charge in [0.15, 0.2) is 0 Å². The third-order valence-electron chi connectivity index (χ3n) is 5.81. The van der Waals surface area contributed by atoms with Crippen molar-refractivity contribution in [1.82, 2.24) is 9.88 Å². The van der Waals surface area contributed by atoms with Gasteiger partial charge in [0.05, 0.1) is 53.0 Å². The Morgan fingerprint density at radius 1 is 1.19 bits per heavy atom. The largest absolute Gasteiger partial charge is 0.515 e. The molecule has 0 atom stereocenters. The second-order valence-electron chi connectivity index (χ2n) is 8.11. The van der Waals surface area contributed by atoms with Gasteiger partial charge < -0.3 is 19.3 Å². The van der Waals surface area contributed by atoms with E-state index in [-0.39, 0.29) is 34.0 Å². The lowest BCUT2D eigenvalue weighted by molar-refractivity contribution is -0.386. The van der Waals surface area contributed by atoms with Crippen LogP contribution < -0.4 is 15.2 Å². The highest BCUT2D eigenvalue weighted by Crippen LogP contribution is 2.23. The summed E-state index contributed by atoms with van der Waals surface area (Å²) in [5.74, 6) is -0.0253. The summed E-state index contributed by atoms with van der Waals surface area (Å²) in [6.07, 6.45) is 0.760. The van der Waals surface area contributed by atoms with Crippen LogP contribution in [0.4, 0.5) is 5.69 Å². The van der Waals surface area contributed by atoms with Crippen LogP contribution >= 0.6 is 0 Å². The third kappa shape index (κ3) is 5.78. The average Bonchev–Trinajstić information content (AvgIpc) is 2.89. The fourth-order valence-electron chi connectivity index (χ4n) is 4.00. The number of carbonyl (C=O) groups is 1. The van der Waals surface area contributed by atoms with Gasteiger partial charge in [0.25, 0.3) is 5.69 Å². The normalized spacial score (nSPS) is 15.5. The lowest BCUT2D eigenvalue weighted by atomic mass is 10.0. The molecule has 1 saturated heterocycles. The number of non-ortho nitro benzene ring substituents is 1. The zero-order valence-electron chi connectivity index (χ0n) is 19.9. The molecule has 0 saturated carbocycles. The number of nitro groups is 1. The second-order valence-corrected chi connectivity index (χ2v) is 8.11. The number of benzene rings is 2. The Bertz CT molecular complexity index is 1380. The maximum absolute atomic E-state index is 12.9. The minimum atomic E-state index is -0.726. The van der Waals surface area contributed by atoms with Crippen molar-refractivity contribution >= 4 is 34.4 Å². The van der Waals surface area contributed by atoms with Gasteiger partial charge in [-0.15, -0.1) is 0 Å². The lowest BCUT2D eigenvalue weighted by Crippen LogP contribution is -2.38. The van der Waals surface area contributed by atoms with Crippen LogP contribution in [0.15, 0.2) is 48.5 Å². The van der Waals surface area contributed by atoms with Crippen LogP contribution in [0, 0.1) is 10.1 Å². The van der Waals surface area contributed by atoms with E-state index in [2.05, 4.69) is 9.88 Å². The summed E-state index contributed by atoms with van der Waals surface area (Å²) < 4.78 is 16.5. The predicted octanol–water partition coefficient (Wildman–Crippen LogP) is 1.91. The van der Waals surface area contributed by atoms with Crippen molar-refractivity contribution in [3.05, 3.63) is 74.8 Å². The average molecular weight is 494 g/mol. The molecule has 0 radical (unpaired) electrons. The highest BCUT2D eigenvalue weighted by atomic mass is 16.6. The summed E-state index contributed by atoms with van der Waals surface area (Å²) >= 11 is 0. The van der Waals surface area contributed by atoms with Gasteiger partial charge in [-0.25, -0.2) is 9.78 Å². The number of fused-ring (bicyclic) bond motifs is 1. The molecule has 1 fully saturated rings. The molecule has 0 spiro atoms. The zero-order chi connectivity index (χ0) is 25.5. The van der Waals surface area contributed by atoms with E-state index in [1.807, 2.05) is 6.07 Å². The van der Waals surface area contributed by atoms with Crippen LogP contribution in [0.1, 0.15) is 12.6 Å². The van der Waals surface area contributed by atoms with Crippen LogP contribution in [-0.2, 0) is 14.3 Å². The molecule has 0 unspecified atom stereocenters. The second kappa shape index (κ2) is 11.6. The molecule has 0 amide bonds. The molecule has 0 bridgehead atoms. The Morgan fingerprint density at radius 2 is 2.00 bits per heavy atom. The Hall–Kier alpha value is -4.02. The number of carbonyl (C=O) groups excluding carboxylic acids is 1. The fourth-order valence-corrected chi connectivity index (χ4v) is 4.00. The van der Waals surface area contributed by atoms with Gasteiger partial charge in [-0.2, -0.15) is 0 Å². The van der Waals surface area contributed by atoms with Crippen molar-refractivity contribution in [3.63, 3.8) is 0 Å². The minimum Gasteiger partial charge on any atom is -0.515 e. The number of aliphatic hydroxyl groups is 1. The molecule has 1 aliphatic heterocycles. The monoisotopic (exact) mass is 493 g/mol. The molecule has 1 aliphatic rings. The molecule has 2 aromatic carbocycles. The van der Waals surface area contributed by atoms with Crippen LogP contribution in [-0.4, -0.2) is 71.9 Å². The first kappa shape index (κ1) is 25.1. The van der Waals surface area contributed by atoms with E-state index in [1.165, 1.54) is 18.2 Å². The van der Waals surface area contributed by atoms with Crippen LogP contribution in [0.5, 0.6) is 5.75 Å². The molecule has 0 aliphatic carbocycles. The zero-order valence-corrected chi connectivity index (χ0v) is 19.9. The maximum atomic E-state index is 12.9. The van der Waals surface area contributed by atoms with Crippen LogP contribution in [0.25, 0.3) is 22.7 Å². The third-order valence-corrected chi connectivity index (χ3v) is 5.81. The first-order valence-electron chi connectivity index (χ1n) is 11.6. The summed E-state index contributed by atoms with van der Waals surface area (Å²) in [6, 6.07) is 12.9. The Labute approximate surface area is 207 Å². The molecule has 4 rings (SSSR count).